The van der Waals surface area contributed by atoms with E-state index in [4.69, 9.17) is 18.7 Å². The van der Waals surface area contributed by atoms with E-state index < -0.39 is 0 Å². The zero-order chi connectivity index (χ0) is 22.7. The number of hydrogen-bond donors (Lipinski definition) is 1. The number of aromatic nitrogens is 2. The number of methoxy groups -OCH3 is 2. The van der Waals surface area contributed by atoms with Crippen molar-refractivity contribution >= 4 is 22.6 Å². The third kappa shape index (κ3) is 4.34. The molecule has 8 nitrogen and oxygen atoms in total. The summed E-state index contributed by atoms with van der Waals surface area (Å²) >= 11 is 0. The quantitative estimate of drug-likeness (QED) is 0.446. The van der Waals surface area contributed by atoms with Crippen molar-refractivity contribution in [1.29, 1.82) is 0 Å². The van der Waals surface area contributed by atoms with Gasteiger partial charge in [-0.25, -0.2) is 0 Å². The Morgan fingerprint density at radius 2 is 1.81 bits per heavy atom. The van der Waals surface area contributed by atoms with Gasteiger partial charge in [0.15, 0.2) is 5.82 Å². The summed E-state index contributed by atoms with van der Waals surface area (Å²) in [5.41, 5.74) is 2.29. The van der Waals surface area contributed by atoms with Gasteiger partial charge in [-0.2, -0.15) is 0 Å². The van der Waals surface area contributed by atoms with Gasteiger partial charge in [-0.3, -0.25) is 9.78 Å². The number of pyridine rings is 1. The van der Waals surface area contributed by atoms with Gasteiger partial charge < -0.3 is 24.1 Å². The Balaban J connectivity index is 1.53. The summed E-state index contributed by atoms with van der Waals surface area (Å²) in [7, 11) is 3.17. The van der Waals surface area contributed by atoms with Gasteiger partial charge in [0.2, 0.25) is 5.91 Å². The van der Waals surface area contributed by atoms with Crippen LogP contribution in [-0.4, -0.2) is 30.3 Å². The molecule has 164 valence electrons. The minimum atomic E-state index is -0.220. The fourth-order valence-electron chi connectivity index (χ4n) is 3.26. The van der Waals surface area contributed by atoms with Crippen molar-refractivity contribution in [3.63, 3.8) is 0 Å². The van der Waals surface area contributed by atoms with E-state index in [9.17, 15) is 4.79 Å². The predicted octanol–water partition coefficient (Wildman–Crippen LogP) is 4.83. The second-order valence-corrected chi connectivity index (χ2v) is 7.21. The van der Waals surface area contributed by atoms with Crippen LogP contribution in [0.3, 0.4) is 0 Å². The van der Waals surface area contributed by atoms with Crippen molar-refractivity contribution < 1.29 is 23.5 Å². The predicted molar refractivity (Wildman–Crippen MR) is 120 cm³/mol. The maximum Gasteiger partial charge on any atom is 0.230 e. The highest BCUT2D eigenvalue weighted by molar-refractivity contribution is 5.92. The van der Waals surface area contributed by atoms with Gasteiger partial charge in [-0.1, -0.05) is 11.2 Å². The van der Waals surface area contributed by atoms with Crippen LogP contribution in [-0.2, 0) is 11.2 Å². The molecule has 1 amide bonds. The largest absolute Gasteiger partial charge is 0.497 e. The van der Waals surface area contributed by atoms with Crippen molar-refractivity contribution in [3.8, 4) is 23.0 Å². The summed E-state index contributed by atoms with van der Waals surface area (Å²) in [6, 6.07) is 12.8. The van der Waals surface area contributed by atoms with E-state index in [0.717, 1.165) is 27.8 Å². The lowest BCUT2D eigenvalue weighted by Gasteiger charge is -2.13. The van der Waals surface area contributed by atoms with E-state index in [1.54, 1.807) is 51.6 Å². The van der Waals surface area contributed by atoms with Crippen molar-refractivity contribution in [1.82, 2.24) is 10.1 Å². The van der Waals surface area contributed by atoms with Crippen LogP contribution in [0.25, 0.3) is 10.9 Å². The van der Waals surface area contributed by atoms with Gasteiger partial charge in [-0.05, 0) is 38.1 Å². The molecule has 0 unspecified atom stereocenters. The molecular weight excluding hydrogens is 410 g/mol. The standard InChI is InChI=1S/C24H23N3O5/c1-14-15(2)32-27-24(14)26-23(28)11-16-5-6-18(13-22(16)30-4)31-21-9-10-25-20-12-17(29-3)7-8-19(20)21/h5-10,12-13H,11H2,1-4H3,(H,26,27,28). The summed E-state index contributed by atoms with van der Waals surface area (Å²) in [5, 5.41) is 7.49. The lowest BCUT2D eigenvalue weighted by Crippen LogP contribution is -2.15. The molecular formula is C24H23N3O5. The van der Waals surface area contributed by atoms with Crippen molar-refractivity contribution in [2.75, 3.05) is 19.5 Å². The Morgan fingerprint density at radius 3 is 2.53 bits per heavy atom. The molecule has 8 heteroatoms. The highest BCUT2D eigenvalue weighted by Gasteiger charge is 2.15. The molecule has 1 N–H and O–H groups in total. The van der Waals surface area contributed by atoms with Gasteiger partial charge in [0.25, 0.3) is 0 Å². The lowest BCUT2D eigenvalue weighted by molar-refractivity contribution is -0.115. The zero-order valence-corrected chi connectivity index (χ0v) is 18.3. The number of carbonyl (C=O) groups is 1. The first kappa shape index (κ1) is 21.2. The normalized spacial score (nSPS) is 10.8. The topological polar surface area (TPSA) is 95.7 Å². The summed E-state index contributed by atoms with van der Waals surface area (Å²) in [6.45, 7) is 3.63. The van der Waals surface area contributed by atoms with Crippen LogP contribution >= 0.6 is 0 Å². The molecule has 0 aliphatic rings. The van der Waals surface area contributed by atoms with E-state index in [2.05, 4.69) is 15.5 Å². The minimum absolute atomic E-state index is 0.118. The first-order valence-corrected chi connectivity index (χ1v) is 9.98. The second-order valence-electron chi connectivity index (χ2n) is 7.21. The van der Waals surface area contributed by atoms with E-state index >= 15 is 0 Å². The maximum atomic E-state index is 12.5. The van der Waals surface area contributed by atoms with Crippen LogP contribution < -0.4 is 19.5 Å². The third-order valence-corrected chi connectivity index (χ3v) is 5.16. The second kappa shape index (κ2) is 8.97. The lowest BCUT2D eigenvalue weighted by atomic mass is 10.1. The Kier molecular flexibility index (Phi) is 5.93. The molecule has 2 aromatic carbocycles. The number of aryl methyl sites for hydroxylation is 1. The maximum absolute atomic E-state index is 12.5. The van der Waals surface area contributed by atoms with Crippen LogP contribution in [0.5, 0.6) is 23.0 Å². The molecule has 0 fully saturated rings. The summed E-state index contributed by atoms with van der Waals surface area (Å²) in [5.74, 6) is 3.38. The summed E-state index contributed by atoms with van der Waals surface area (Å²) < 4.78 is 21.9. The van der Waals surface area contributed by atoms with E-state index in [0.29, 0.717) is 28.8 Å². The molecule has 0 aliphatic heterocycles. The van der Waals surface area contributed by atoms with Crippen molar-refractivity contribution in [2.45, 2.75) is 20.3 Å². The molecule has 32 heavy (non-hydrogen) atoms. The number of fused-ring (bicyclic) bond motifs is 1. The Morgan fingerprint density at radius 1 is 1.00 bits per heavy atom. The van der Waals surface area contributed by atoms with Crippen LogP contribution in [0, 0.1) is 13.8 Å². The Hall–Kier alpha value is -4.07. The number of benzene rings is 2. The molecule has 0 saturated heterocycles. The van der Waals surface area contributed by atoms with E-state index in [1.807, 2.05) is 25.1 Å². The molecule has 0 radical (unpaired) electrons. The Labute approximate surface area is 185 Å². The first-order valence-electron chi connectivity index (χ1n) is 9.98. The highest BCUT2D eigenvalue weighted by Crippen LogP contribution is 2.33. The van der Waals surface area contributed by atoms with Gasteiger partial charge in [0.1, 0.15) is 28.8 Å². The fourth-order valence-corrected chi connectivity index (χ4v) is 3.26. The third-order valence-electron chi connectivity index (χ3n) is 5.16. The number of ether oxygens (including phenoxy) is 3. The molecule has 4 rings (SSSR count). The average molecular weight is 433 g/mol. The van der Waals surface area contributed by atoms with Crippen LogP contribution in [0.2, 0.25) is 0 Å². The minimum Gasteiger partial charge on any atom is -0.497 e. The SMILES string of the molecule is COc1ccc2c(Oc3ccc(CC(=O)Nc4noc(C)c4C)c(OC)c3)ccnc2c1. The monoisotopic (exact) mass is 433 g/mol. The summed E-state index contributed by atoms with van der Waals surface area (Å²) in [6.07, 6.45) is 1.80. The van der Waals surface area contributed by atoms with Crippen molar-refractivity contribution in [3.05, 3.63) is 65.5 Å². The van der Waals surface area contributed by atoms with Crippen LogP contribution in [0.4, 0.5) is 5.82 Å². The first-order chi connectivity index (χ1) is 15.5. The van der Waals surface area contributed by atoms with E-state index in [1.165, 1.54) is 0 Å². The molecule has 2 aromatic heterocycles. The number of nitrogens with one attached hydrogen (secondary N) is 1. The number of amides is 1. The zero-order valence-electron chi connectivity index (χ0n) is 18.3. The molecule has 0 atom stereocenters. The molecule has 0 aliphatic carbocycles. The number of rotatable bonds is 7. The molecule has 2 heterocycles. The molecule has 0 spiro atoms. The van der Waals surface area contributed by atoms with Crippen LogP contribution in [0.15, 0.2) is 53.2 Å². The number of nitrogens with zero attached hydrogens (tertiary/aromatic N) is 2. The summed E-state index contributed by atoms with van der Waals surface area (Å²) in [4.78, 5) is 16.9. The van der Waals surface area contributed by atoms with Gasteiger partial charge in [-0.15, -0.1) is 0 Å². The van der Waals surface area contributed by atoms with E-state index in [-0.39, 0.29) is 12.3 Å². The number of anilines is 1. The van der Waals surface area contributed by atoms with Gasteiger partial charge >= 0.3 is 0 Å². The van der Waals surface area contributed by atoms with Crippen LogP contribution in [0.1, 0.15) is 16.9 Å². The van der Waals surface area contributed by atoms with Gasteiger partial charge in [0.05, 0.1) is 26.2 Å². The number of carbonyl (C=O) groups excluding carboxylic acids is 1. The van der Waals surface area contributed by atoms with Crippen molar-refractivity contribution in [2.24, 2.45) is 0 Å². The number of hydrogen-bond acceptors (Lipinski definition) is 7. The molecule has 0 bridgehead atoms. The molecule has 4 aromatic rings. The fraction of sp³-hybridized carbons (Fsp3) is 0.208. The highest BCUT2D eigenvalue weighted by atomic mass is 16.5. The Bertz CT molecular complexity index is 1280. The smallest absolute Gasteiger partial charge is 0.230 e. The van der Waals surface area contributed by atoms with Gasteiger partial charge in [0, 0.05) is 34.8 Å². The molecule has 0 saturated carbocycles. The average Bonchev–Trinajstić information content (AvgIpc) is 3.11.